The standard InChI is InChI=1S/C71H52N4O/c1-45-29-35-53(43-72-45)74(51-37-31-49(32-38-51)47-17-5-3-6-18-47)64-41-62-67(58-24-10-9-23-57(58)64)69-63(71(62)60-26-14-11-21-55(60)56-22-12-15-27-61(56)71)42-65(68-59-25-13-16-28-66(59)76-70(68)69)75(54-36-30-46(2)73-44-54)52-39-33-50(34-40-52)48-19-7-4-8-20-48/h3-42,72-73H,43-44H2,1-2H3. The first-order chi connectivity index (χ1) is 37.5. The fourth-order valence-corrected chi connectivity index (χ4v) is 12.9. The summed E-state index contributed by atoms with van der Waals surface area (Å²) in [5, 5.41) is 11.9. The highest BCUT2D eigenvalue weighted by Gasteiger charge is 2.54. The highest BCUT2D eigenvalue weighted by Crippen LogP contribution is 2.67. The van der Waals surface area contributed by atoms with Gasteiger partial charge in [-0.25, -0.2) is 0 Å². The Kier molecular flexibility index (Phi) is 9.98. The number of hydrogen-bond acceptors (Lipinski definition) is 5. The maximum Gasteiger partial charge on any atom is 0.145 e. The average molecular weight is 977 g/mol. The van der Waals surface area contributed by atoms with Crippen molar-refractivity contribution >= 4 is 55.5 Å². The predicted molar refractivity (Wildman–Crippen MR) is 315 cm³/mol. The molecule has 1 spiro atoms. The Hall–Kier alpha value is -9.58. The van der Waals surface area contributed by atoms with Crippen LogP contribution in [-0.4, -0.2) is 13.1 Å². The number of anilines is 4. The van der Waals surface area contributed by atoms with E-state index in [0.717, 1.165) is 78.4 Å². The van der Waals surface area contributed by atoms with Gasteiger partial charge in [0, 0.05) is 50.5 Å². The van der Waals surface area contributed by atoms with Gasteiger partial charge in [0.15, 0.2) is 0 Å². The minimum absolute atomic E-state index is 0.656. The van der Waals surface area contributed by atoms with E-state index in [0.29, 0.717) is 13.1 Å². The maximum absolute atomic E-state index is 7.48. The Bertz CT molecular complexity index is 4250. The first-order valence-corrected chi connectivity index (χ1v) is 26.4. The zero-order chi connectivity index (χ0) is 50.5. The number of nitrogens with zero attached hydrogens (tertiary/aromatic N) is 2. The molecule has 5 heteroatoms. The lowest BCUT2D eigenvalue weighted by Crippen LogP contribution is -2.30. The zero-order valence-electron chi connectivity index (χ0n) is 42.3. The Morgan fingerprint density at radius 2 is 0.842 bits per heavy atom. The molecule has 76 heavy (non-hydrogen) atoms. The molecule has 11 aromatic rings. The molecule has 15 rings (SSSR count). The number of allylic oxidation sites excluding steroid dienone is 6. The predicted octanol–water partition coefficient (Wildman–Crippen LogP) is 17.5. The average Bonchev–Trinajstić information content (AvgIpc) is 4.30. The highest BCUT2D eigenvalue weighted by molar-refractivity contribution is 6.23. The van der Waals surface area contributed by atoms with Crippen molar-refractivity contribution < 1.29 is 4.42 Å². The molecule has 0 bridgehead atoms. The molecule has 0 atom stereocenters. The Morgan fingerprint density at radius 1 is 0.395 bits per heavy atom. The second kappa shape index (κ2) is 17.3. The summed E-state index contributed by atoms with van der Waals surface area (Å²) in [7, 11) is 0. The van der Waals surface area contributed by atoms with E-state index >= 15 is 0 Å². The van der Waals surface area contributed by atoms with Crippen LogP contribution in [-0.2, 0) is 5.41 Å². The molecule has 4 aliphatic rings. The van der Waals surface area contributed by atoms with Crippen molar-refractivity contribution in [3.63, 3.8) is 0 Å². The molecular formula is C71H52N4O. The number of fused-ring (bicyclic) bond motifs is 16. The van der Waals surface area contributed by atoms with Crippen LogP contribution in [0.5, 0.6) is 0 Å². The van der Waals surface area contributed by atoms with Crippen LogP contribution in [0.2, 0.25) is 0 Å². The molecule has 2 aliphatic carbocycles. The molecule has 0 unspecified atom stereocenters. The fraction of sp³-hybridized carbons (Fsp3) is 0.0704. The molecule has 0 radical (unpaired) electrons. The number of benzene rings is 10. The quantitative estimate of drug-likeness (QED) is 0.159. The van der Waals surface area contributed by atoms with Crippen molar-refractivity contribution in [1.29, 1.82) is 0 Å². The lowest BCUT2D eigenvalue weighted by Gasteiger charge is -2.35. The van der Waals surface area contributed by atoms with Crippen molar-refractivity contribution in [2.45, 2.75) is 19.3 Å². The Balaban J connectivity index is 1.06. The number of nitrogens with one attached hydrogen (secondary N) is 2. The number of furan rings is 1. The third kappa shape index (κ3) is 6.58. The molecule has 1 aromatic heterocycles. The zero-order valence-corrected chi connectivity index (χ0v) is 42.3. The minimum Gasteiger partial charge on any atom is -0.455 e. The lowest BCUT2D eigenvalue weighted by molar-refractivity contribution is 0.669. The van der Waals surface area contributed by atoms with Crippen molar-refractivity contribution in [3.05, 3.63) is 288 Å². The topological polar surface area (TPSA) is 43.7 Å². The van der Waals surface area contributed by atoms with Gasteiger partial charge in [-0.3, -0.25) is 0 Å². The van der Waals surface area contributed by atoms with Gasteiger partial charge in [0.25, 0.3) is 0 Å². The number of para-hydroxylation sites is 1. The first-order valence-electron chi connectivity index (χ1n) is 26.4. The molecule has 0 amide bonds. The first kappa shape index (κ1) is 44.0. The summed E-state index contributed by atoms with van der Waals surface area (Å²) in [6, 6.07) is 80.6. The van der Waals surface area contributed by atoms with Crippen LogP contribution in [0.4, 0.5) is 22.7 Å². The number of dihydropyridines is 2. The molecule has 5 nitrogen and oxygen atoms in total. The highest BCUT2D eigenvalue weighted by atomic mass is 16.3. The second-order valence-electron chi connectivity index (χ2n) is 20.5. The van der Waals surface area contributed by atoms with Crippen molar-refractivity contribution in [2.75, 3.05) is 22.9 Å². The van der Waals surface area contributed by atoms with Crippen molar-refractivity contribution in [3.8, 4) is 44.5 Å². The number of rotatable bonds is 8. The van der Waals surface area contributed by atoms with Crippen LogP contribution in [0.25, 0.3) is 77.2 Å². The third-order valence-electron chi connectivity index (χ3n) is 16.3. The van der Waals surface area contributed by atoms with Gasteiger partial charge in [-0.1, -0.05) is 176 Å². The van der Waals surface area contributed by atoms with Crippen LogP contribution in [0.15, 0.2) is 270 Å². The van der Waals surface area contributed by atoms with Gasteiger partial charge < -0.3 is 24.9 Å². The van der Waals surface area contributed by atoms with Crippen LogP contribution in [0.1, 0.15) is 36.1 Å². The minimum atomic E-state index is -0.740. The molecule has 362 valence electrons. The summed E-state index contributed by atoms with van der Waals surface area (Å²) in [6.07, 6.45) is 8.98. The van der Waals surface area contributed by atoms with Crippen LogP contribution in [0.3, 0.4) is 0 Å². The van der Waals surface area contributed by atoms with E-state index in [-0.39, 0.29) is 0 Å². The third-order valence-corrected chi connectivity index (χ3v) is 16.3. The van der Waals surface area contributed by atoms with Crippen molar-refractivity contribution in [1.82, 2.24) is 10.6 Å². The van der Waals surface area contributed by atoms with E-state index in [4.69, 9.17) is 4.42 Å². The molecule has 2 aliphatic heterocycles. The Morgan fingerprint density at radius 3 is 1.39 bits per heavy atom. The van der Waals surface area contributed by atoms with Crippen LogP contribution >= 0.6 is 0 Å². The van der Waals surface area contributed by atoms with Crippen molar-refractivity contribution in [2.24, 2.45) is 0 Å². The largest absolute Gasteiger partial charge is 0.455 e. The van der Waals surface area contributed by atoms with E-state index in [1.54, 1.807) is 0 Å². The lowest BCUT2D eigenvalue weighted by atomic mass is 9.70. The molecule has 0 saturated heterocycles. The summed E-state index contributed by atoms with van der Waals surface area (Å²) in [5.74, 6) is 0. The van der Waals surface area contributed by atoms with E-state index in [2.05, 4.69) is 277 Å². The summed E-state index contributed by atoms with van der Waals surface area (Å²) in [5.41, 5.74) is 24.5. The summed E-state index contributed by atoms with van der Waals surface area (Å²) in [6.45, 7) is 5.61. The normalized spacial score (nSPS) is 14.7. The maximum atomic E-state index is 7.48. The van der Waals surface area contributed by atoms with Gasteiger partial charge in [0.05, 0.1) is 35.3 Å². The Labute approximate surface area is 442 Å². The fourth-order valence-electron chi connectivity index (χ4n) is 12.9. The van der Waals surface area contributed by atoms with E-state index in [9.17, 15) is 0 Å². The summed E-state index contributed by atoms with van der Waals surface area (Å²) >= 11 is 0. The molecule has 0 saturated carbocycles. The van der Waals surface area contributed by atoms with Crippen LogP contribution in [0, 0.1) is 0 Å². The molecular weight excluding hydrogens is 925 g/mol. The SMILES string of the molecule is CC1=CC=C(N(c2ccc(-c3ccccc3)cc2)c2cc3c(c4ccccc24)-c2c(cc(N(C4=CC=C(C)NC4)c4ccc(-c5ccccc5)cc4)c4c2oc2ccccc24)C32c3ccccc3-c3ccccc32)CN1. The van der Waals surface area contributed by atoms with Gasteiger partial charge in [0.2, 0.25) is 0 Å². The van der Waals surface area contributed by atoms with Gasteiger partial charge >= 0.3 is 0 Å². The van der Waals surface area contributed by atoms with Crippen LogP contribution < -0.4 is 20.4 Å². The number of hydrogen-bond donors (Lipinski definition) is 2. The van der Waals surface area contributed by atoms with Gasteiger partial charge in [-0.05, 0) is 147 Å². The smallest absolute Gasteiger partial charge is 0.145 e. The molecule has 2 N–H and O–H groups in total. The monoisotopic (exact) mass is 976 g/mol. The van der Waals surface area contributed by atoms with E-state index in [1.165, 1.54) is 66.6 Å². The molecule has 0 fully saturated rings. The second-order valence-corrected chi connectivity index (χ2v) is 20.5. The molecule has 3 heterocycles. The summed E-state index contributed by atoms with van der Waals surface area (Å²) in [4.78, 5) is 4.99. The van der Waals surface area contributed by atoms with Gasteiger partial charge in [-0.2, -0.15) is 0 Å². The van der Waals surface area contributed by atoms with Gasteiger partial charge in [0.1, 0.15) is 11.2 Å². The summed E-state index contributed by atoms with van der Waals surface area (Å²) < 4.78 is 7.48. The van der Waals surface area contributed by atoms with E-state index in [1.807, 2.05) is 0 Å². The molecule has 10 aromatic carbocycles. The van der Waals surface area contributed by atoms with E-state index < -0.39 is 5.41 Å². The van der Waals surface area contributed by atoms with Gasteiger partial charge in [-0.15, -0.1) is 0 Å².